The van der Waals surface area contributed by atoms with Crippen molar-refractivity contribution in [2.75, 3.05) is 4.90 Å². The number of anilines is 1. The van der Waals surface area contributed by atoms with Crippen LogP contribution in [0.1, 0.15) is 32.8 Å². The number of hydrogen-bond donors (Lipinski definition) is 1. The molecule has 0 aliphatic carbocycles. The summed E-state index contributed by atoms with van der Waals surface area (Å²) in [5, 5.41) is 2.83. The Labute approximate surface area is 197 Å². The van der Waals surface area contributed by atoms with Crippen molar-refractivity contribution >= 4 is 17.5 Å². The lowest BCUT2D eigenvalue weighted by Gasteiger charge is -2.24. The lowest BCUT2D eigenvalue weighted by molar-refractivity contribution is -0.120. The number of furan rings is 1. The van der Waals surface area contributed by atoms with E-state index in [-0.39, 0.29) is 30.6 Å². The van der Waals surface area contributed by atoms with Crippen LogP contribution in [0, 0.1) is 12.7 Å². The molecule has 6 heteroatoms. The fourth-order valence-corrected chi connectivity index (χ4v) is 3.69. The number of hydrogen-bond acceptors (Lipinski definition) is 3. The summed E-state index contributed by atoms with van der Waals surface area (Å²) in [6.07, 6.45) is 1.73. The Kier molecular flexibility index (Phi) is 7.18. The summed E-state index contributed by atoms with van der Waals surface area (Å²) in [7, 11) is 0. The van der Waals surface area contributed by atoms with Gasteiger partial charge in [0.05, 0.1) is 25.8 Å². The molecular weight excluding hydrogens is 431 g/mol. The van der Waals surface area contributed by atoms with E-state index in [4.69, 9.17) is 4.42 Å². The molecule has 0 fully saturated rings. The fraction of sp³-hybridized carbons (Fsp3) is 0.143. The van der Waals surface area contributed by atoms with Gasteiger partial charge >= 0.3 is 0 Å². The highest BCUT2D eigenvalue weighted by molar-refractivity contribution is 6.07. The molecular formula is C28H25FN2O3. The lowest BCUT2D eigenvalue weighted by Crippen LogP contribution is -2.31. The van der Waals surface area contributed by atoms with E-state index < -0.39 is 0 Å². The number of nitrogens with one attached hydrogen (secondary N) is 1. The van der Waals surface area contributed by atoms with Gasteiger partial charge in [-0.15, -0.1) is 0 Å². The highest BCUT2D eigenvalue weighted by Gasteiger charge is 2.20. The third-order valence-electron chi connectivity index (χ3n) is 5.50. The number of carbonyl (C=O) groups is 2. The van der Waals surface area contributed by atoms with Crippen molar-refractivity contribution in [3.05, 3.63) is 125 Å². The maximum absolute atomic E-state index is 13.6. The fourth-order valence-electron chi connectivity index (χ4n) is 3.69. The van der Waals surface area contributed by atoms with Gasteiger partial charge in [-0.3, -0.25) is 9.59 Å². The number of rotatable bonds is 8. The van der Waals surface area contributed by atoms with Crippen molar-refractivity contribution in [3.8, 4) is 0 Å². The number of benzene rings is 3. The quantitative estimate of drug-likeness (QED) is 0.384. The molecule has 0 saturated heterocycles. The molecule has 0 unspecified atom stereocenters. The molecule has 4 aromatic rings. The second-order valence-corrected chi connectivity index (χ2v) is 8.04. The van der Waals surface area contributed by atoms with Crippen molar-refractivity contribution in [1.82, 2.24) is 5.32 Å². The number of amides is 2. The molecule has 0 radical (unpaired) electrons. The Morgan fingerprint density at radius 2 is 1.71 bits per heavy atom. The zero-order valence-electron chi connectivity index (χ0n) is 18.8. The Hall–Kier alpha value is -4.19. The number of carbonyl (C=O) groups excluding carboxylic acids is 2. The second kappa shape index (κ2) is 10.6. The van der Waals surface area contributed by atoms with E-state index in [2.05, 4.69) is 5.32 Å². The SMILES string of the molecule is Cc1ccccc1C(=O)N(Cc1ccc(F)cc1)c1cccc(CC(=O)NCc2ccco2)c1. The van der Waals surface area contributed by atoms with Crippen LogP contribution in [0.15, 0.2) is 95.6 Å². The normalized spacial score (nSPS) is 10.6. The van der Waals surface area contributed by atoms with Crippen LogP contribution >= 0.6 is 0 Å². The summed E-state index contributed by atoms with van der Waals surface area (Å²) in [6.45, 7) is 2.47. The van der Waals surface area contributed by atoms with E-state index >= 15 is 0 Å². The highest BCUT2D eigenvalue weighted by Crippen LogP contribution is 2.23. The summed E-state index contributed by atoms with van der Waals surface area (Å²) in [5.41, 5.74) is 3.69. The monoisotopic (exact) mass is 456 g/mol. The predicted octanol–water partition coefficient (Wildman–Crippen LogP) is 5.43. The molecule has 1 heterocycles. The van der Waals surface area contributed by atoms with E-state index in [1.54, 1.807) is 41.5 Å². The first-order chi connectivity index (χ1) is 16.5. The Morgan fingerprint density at radius 3 is 2.44 bits per heavy atom. The third-order valence-corrected chi connectivity index (χ3v) is 5.50. The van der Waals surface area contributed by atoms with Crippen molar-refractivity contribution in [3.63, 3.8) is 0 Å². The molecule has 0 atom stereocenters. The molecule has 0 spiro atoms. The van der Waals surface area contributed by atoms with Gasteiger partial charge in [0.2, 0.25) is 5.91 Å². The molecule has 0 aliphatic heterocycles. The van der Waals surface area contributed by atoms with Crippen molar-refractivity contribution in [2.24, 2.45) is 0 Å². The Morgan fingerprint density at radius 1 is 0.912 bits per heavy atom. The molecule has 5 nitrogen and oxygen atoms in total. The van der Waals surface area contributed by atoms with Crippen LogP contribution in [0.25, 0.3) is 0 Å². The summed E-state index contributed by atoms with van der Waals surface area (Å²) in [5.74, 6) is 0.0326. The van der Waals surface area contributed by atoms with Gasteiger partial charge in [0, 0.05) is 11.3 Å². The molecule has 34 heavy (non-hydrogen) atoms. The van der Waals surface area contributed by atoms with Crippen LogP contribution < -0.4 is 10.2 Å². The van der Waals surface area contributed by atoms with Crippen molar-refractivity contribution in [2.45, 2.75) is 26.4 Å². The Bertz CT molecular complexity index is 1270. The predicted molar refractivity (Wildman–Crippen MR) is 129 cm³/mol. The Balaban J connectivity index is 1.57. The van der Waals surface area contributed by atoms with Gasteiger partial charge in [0.1, 0.15) is 11.6 Å². The molecule has 3 aromatic carbocycles. The molecule has 2 amide bonds. The summed E-state index contributed by atoms with van der Waals surface area (Å²) in [4.78, 5) is 27.7. The maximum Gasteiger partial charge on any atom is 0.258 e. The highest BCUT2D eigenvalue weighted by atomic mass is 19.1. The van der Waals surface area contributed by atoms with Crippen molar-refractivity contribution < 1.29 is 18.4 Å². The number of halogens is 1. The van der Waals surface area contributed by atoms with E-state index in [1.807, 2.05) is 49.4 Å². The molecule has 0 aliphatic rings. The van der Waals surface area contributed by atoms with Gasteiger partial charge in [-0.25, -0.2) is 4.39 Å². The van der Waals surface area contributed by atoms with Crippen molar-refractivity contribution in [1.29, 1.82) is 0 Å². The summed E-state index contributed by atoms with van der Waals surface area (Å²) >= 11 is 0. The molecule has 0 saturated carbocycles. The van der Waals surface area contributed by atoms with E-state index in [0.717, 1.165) is 16.7 Å². The minimum atomic E-state index is -0.330. The van der Waals surface area contributed by atoms with Gasteiger partial charge in [0.25, 0.3) is 5.91 Å². The first kappa shape index (κ1) is 23.0. The molecule has 172 valence electrons. The van der Waals surface area contributed by atoms with Gasteiger partial charge < -0.3 is 14.6 Å². The first-order valence-corrected chi connectivity index (χ1v) is 11.0. The standard InChI is InChI=1S/C28H25FN2O3/c1-20-6-2-3-10-26(20)28(33)31(19-21-11-13-23(29)14-12-21)24-8-4-7-22(16-24)17-27(32)30-18-25-9-5-15-34-25/h2-16H,17-19H2,1H3,(H,30,32). The number of aryl methyl sites for hydroxylation is 1. The first-order valence-electron chi connectivity index (χ1n) is 11.0. The average Bonchev–Trinajstić information content (AvgIpc) is 3.36. The van der Waals surface area contributed by atoms with Gasteiger partial charge in [-0.05, 0) is 66.1 Å². The summed E-state index contributed by atoms with van der Waals surface area (Å²) < 4.78 is 18.7. The minimum absolute atomic E-state index is 0.149. The van der Waals surface area contributed by atoms with Crippen LogP contribution in [0.2, 0.25) is 0 Å². The zero-order valence-corrected chi connectivity index (χ0v) is 18.8. The molecule has 0 bridgehead atoms. The van der Waals surface area contributed by atoms with Crippen LogP contribution in [-0.2, 0) is 24.3 Å². The van der Waals surface area contributed by atoms with Gasteiger partial charge in [-0.2, -0.15) is 0 Å². The van der Waals surface area contributed by atoms with Gasteiger partial charge in [-0.1, -0.05) is 42.5 Å². The second-order valence-electron chi connectivity index (χ2n) is 8.04. The largest absolute Gasteiger partial charge is 0.467 e. The molecule has 4 rings (SSSR count). The van der Waals surface area contributed by atoms with Crippen LogP contribution in [0.5, 0.6) is 0 Å². The number of nitrogens with zero attached hydrogens (tertiary/aromatic N) is 1. The van der Waals surface area contributed by atoms with E-state index in [0.29, 0.717) is 23.6 Å². The summed E-state index contributed by atoms with van der Waals surface area (Å²) in [6, 6.07) is 24.4. The average molecular weight is 457 g/mol. The van der Waals surface area contributed by atoms with E-state index in [1.165, 1.54) is 12.1 Å². The van der Waals surface area contributed by atoms with Gasteiger partial charge in [0.15, 0.2) is 0 Å². The third kappa shape index (κ3) is 5.78. The van der Waals surface area contributed by atoms with E-state index in [9.17, 15) is 14.0 Å². The van der Waals surface area contributed by atoms with Crippen LogP contribution in [0.3, 0.4) is 0 Å². The topological polar surface area (TPSA) is 62.6 Å². The lowest BCUT2D eigenvalue weighted by atomic mass is 10.1. The maximum atomic E-state index is 13.6. The minimum Gasteiger partial charge on any atom is -0.467 e. The molecule has 1 N–H and O–H groups in total. The van der Waals surface area contributed by atoms with Crippen LogP contribution in [0.4, 0.5) is 10.1 Å². The smallest absolute Gasteiger partial charge is 0.258 e. The zero-order chi connectivity index (χ0) is 23.9. The molecule has 1 aromatic heterocycles. The van der Waals surface area contributed by atoms with Crippen LogP contribution in [-0.4, -0.2) is 11.8 Å².